The van der Waals surface area contributed by atoms with E-state index in [1.54, 1.807) is 7.11 Å². The fourth-order valence-electron chi connectivity index (χ4n) is 4.00. The van der Waals surface area contributed by atoms with Crippen LogP contribution in [0, 0.1) is 6.92 Å². The first-order valence-electron chi connectivity index (χ1n) is 9.95. The summed E-state index contributed by atoms with van der Waals surface area (Å²) in [5, 5.41) is 9.38. The van der Waals surface area contributed by atoms with Crippen molar-refractivity contribution in [2.45, 2.75) is 32.2 Å². The molecule has 0 amide bonds. The summed E-state index contributed by atoms with van der Waals surface area (Å²) in [6.07, 6.45) is 2.82. The predicted octanol–water partition coefficient (Wildman–Crippen LogP) is 3.60. The Hall–Kier alpha value is -2.53. The summed E-state index contributed by atoms with van der Waals surface area (Å²) in [5.74, 6) is 0.116. The summed E-state index contributed by atoms with van der Waals surface area (Å²) in [4.78, 5) is 15.9. The van der Waals surface area contributed by atoms with Gasteiger partial charge in [-0.2, -0.15) is 0 Å². The lowest BCUT2D eigenvalue weighted by atomic mass is 10.0. The number of ether oxygens (including phenoxy) is 1. The van der Waals surface area contributed by atoms with Crippen molar-refractivity contribution in [3.63, 3.8) is 0 Å². The molecule has 1 N–H and O–H groups in total. The number of methoxy groups -OCH3 is 1. The van der Waals surface area contributed by atoms with Gasteiger partial charge in [0, 0.05) is 37.4 Å². The van der Waals surface area contributed by atoms with Crippen molar-refractivity contribution in [2.24, 2.45) is 0 Å². The van der Waals surface area contributed by atoms with E-state index in [1.807, 2.05) is 12.1 Å². The Morgan fingerprint density at radius 3 is 2.61 bits per heavy atom. The fraction of sp³-hybridized carbons (Fsp3) is 0.435. The van der Waals surface area contributed by atoms with Crippen LogP contribution in [0.3, 0.4) is 0 Å². The Morgan fingerprint density at radius 1 is 1.18 bits per heavy atom. The molecule has 5 heteroatoms. The summed E-state index contributed by atoms with van der Waals surface area (Å²) in [6, 6.07) is 16.9. The molecule has 2 aromatic rings. The third kappa shape index (κ3) is 5.49. The average Bonchev–Trinajstić information content (AvgIpc) is 2.71. The molecule has 3 rings (SSSR count). The van der Waals surface area contributed by atoms with E-state index < -0.39 is 5.97 Å². The van der Waals surface area contributed by atoms with Gasteiger partial charge in [0.15, 0.2) is 0 Å². The van der Waals surface area contributed by atoms with Gasteiger partial charge in [-0.25, -0.2) is 0 Å². The number of aryl methyl sites for hydroxylation is 1. The molecule has 28 heavy (non-hydrogen) atoms. The van der Waals surface area contributed by atoms with E-state index >= 15 is 0 Å². The van der Waals surface area contributed by atoms with Gasteiger partial charge in [0.2, 0.25) is 0 Å². The normalized spacial score (nSPS) is 15.0. The number of hydrogen-bond donors (Lipinski definition) is 1. The Morgan fingerprint density at radius 2 is 1.93 bits per heavy atom. The highest BCUT2D eigenvalue weighted by atomic mass is 16.5. The summed E-state index contributed by atoms with van der Waals surface area (Å²) < 4.78 is 5.33. The Kier molecular flexibility index (Phi) is 6.93. The molecule has 2 aromatic carbocycles. The number of aliphatic carboxylic acids is 1. The summed E-state index contributed by atoms with van der Waals surface area (Å²) in [7, 11) is 1.68. The van der Waals surface area contributed by atoms with Crippen molar-refractivity contribution in [3.05, 3.63) is 59.7 Å². The summed E-state index contributed by atoms with van der Waals surface area (Å²) in [5.41, 5.74) is 3.68. The number of benzene rings is 2. The van der Waals surface area contributed by atoms with Crippen LogP contribution in [0.1, 0.15) is 24.0 Å². The Balaban J connectivity index is 1.60. The highest BCUT2D eigenvalue weighted by Crippen LogP contribution is 2.26. The zero-order chi connectivity index (χ0) is 19.9. The zero-order valence-electron chi connectivity index (χ0n) is 16.8. The van der Waals surface area contributed by atoms with Crippen LogP contribution in [-0.2, 0) is 11.2 Å². The lowest BCUT2D eigenvalue weighted by Crippen LogP contribution is -2.47. The van der Waals surface area contributed by atoms with Crippen molar-refractivity contribution in [1.82, 2.24) is 4.90 Å². The SMILES string of the molecule is COc1cccc(N2CCC(N(CCc3cccc(C)c3)CC(=O)O)CC2)c1. The Labute approximate surface area is 167 Å². The van der Waals surface area contributed by atoms with Crippen LogP contribution in [0.2, 0.25) is 0 Å². The molecule has 0 unspecified atom stereocenters. The highest BCUT2D eigenvalue weighted by molar-refractivity contribution is 5.69. The summed E-state index contributed by atoms with van der Waals surface area (Å²) in [6.45, 7) is 4.83. The van der Waals surface area contributed by atoms with Gasteiger partial charge in [0.1, 0.15) is 5.75 Å². The topological polar surface area (TPSA) is 53.0 Å². The number of rotatable bonds is 8. The molecule has 5 nitrogen and oxygen atoms in total. The second kappa shape index (κ2) is 9.60. The number of hydrogen-bond acceptors (Lipinski definition) is 4. The molecule has 1 fully saturated rings. The monoisotopic (exact) mass is 382 g/mol. The third-order valence-electron chi connectivity index (χ3n) is 5.51. The van der Waals surface area contributed by atoms with Gasteiger partial charge < -0.3 is 14.7 Å². The first-order valence-corrected chi connectivity index (χ1v) is 9.95. The minimum Gasteiger partial charge on any atom is -0.497 e. The van der Waals surface area contributed by atoms with E-state index in [9.17, 15) is 9.90 Å². The Bertz CT molecular complexity index is 785. The van der Waals surface area contributed by atoms with Crippen LogP contribution in [0.4, 0.5) is 5.69 Å². The number of nitrogens with zero attached hydrogens (tertiary/aromatic N) is 2. The molecule has 1 aliphatic heterocycles. The van der Waals surface area contributed by atoms with E-state index in [4.69, 9.17) is 4.74 Å². The van der Waals surface area contributed by atoms with Crippen LogP contribution >= 0.6 is 0 Å². The van der Waals surface area contributed by atoms with Crippen LogP contribution in [0.15, 0.2) is 48.5 Å². The maximum absolute atomic E-state index is 11.4. The highest BCUT2D eigenvalue weighted by Gasteiger charge is 2.26. The molecule has 0 bridgehead atoms. The largest absolute Gasteiger partial charge is 0.497 e. The van der Waals surface area contributed by atoms with Gasteiger partial charge >= 0.3 is 5.97 Å². The first kappa shape index (κ1) is 20.2. The molecule has 0 spiro atoms. The molecule has 0 radical (unpaired) electrons. The second-order valence-electron chi connectivity index (χ2n) is 7.52. The zero-order valence-corrected chi connectivity index (χ0v) is 16.8. The molecule has 150 valence electrons. The lowest BCUT2D eigenvalue weighted by molar-refractivity contribution is -0.139. The van der Waals surface area contributed by atoms with E-state index in [0.29, 0.717) is 6.04 Å². The standard InChI is InChI=1S/C23H30N2O3/c1-18-5-3-6-19(15-18)9-12-25(17-23(26)27)20-10-13-24(14-11-20)21-7-4-8-22(16-21)28-2/h3-8,15-16,20H,9-14,17H2,1-2H3,(H,26,27). The molecule has 0 aliphatic carbocycles. The van der Waals surface area contributed by atoms with Gasteiger partial charge in [0.05, 0.1) is 13.7 Å². The maximum Gasteiger partial charge on any atom is 0.317 e. The van der Waals surface area contributed by atoms with Crippen LogP contribution in [0.5, 0.6) is 5.75 Å². The average molecular weight is 383 g/mol. The van der Waals surface area contributed by atoms with Crippen molar-refractivity contribution >= 4 is 11.7 Å². The molecule has 1 aliphatic rings. The number of carboxylic acid groups (broad SMARTS) is 1. The van der Waals surface area contributed by atoms with Gasteiger partial charge in [-0.05, 0) is 43.9 Å². The minimum absolute atomic E-state index is 0.107. The third-order valence-corrected chi connectivity index (χ3v) is 5.51. The van der Waals surface area contributed by atoms with Gasteiger partial charge in [-0.15, -0.1) is 0 Å². The van der Waals surface area contributed by atoms with Crippen LogP contribution < -0.4 is 9.64 Å². The number of anilines is 1. The molecular weight excluding hydrogens is 352 g/mol. The quantitative estimate of drug-likeness (QED) is 0.756. The van der Waals surface area contributed by atoms with Crippen LogP contribution in [-0.4, -0.2) is 55.3 Å². The van der Waals surface area contributed by atoms with Crippen molar-refractivity contribution in [1.29, 1.82) is 0 Å². The van der Waals surface area contributed by atoms with Gasteiger partial charge in [-0.3, -0.25) is 9.69 Å². The fourth-order valence-corrected chi connectivity index (χ4v) is 4.00. The van der Waals surface area contributed by atoms with Gasteiger partial charge in [-0.1, -0.05) is 35.9 Å². The first-order chi connectivity index (χ1) is 13.5. The number of piperidine rings is 1. The summed E-state index contributed by atoms with van der Waals surface area (Å²) >= 11 is 0. The number of carboxylic acids is 1. The van der Waals surface area contributed by atoms with Crippen molar-refractivity contribution in [2.75, 3.05) is 38.2 Å². The van der Waals surface area contributed by atoms with Crippen molar-refractivity contribution in [3.8, 4) is 5.75 Å². The minimum atomic E-state index is -0.750. The van der Waals surface area contributed by atoms with E-state index in [2.05, 4.69) is 53.1 Å². The second-order valence-corrected chi connectivity index (χ2v) is 7.52. The van der Waals surface area contributed by atoms with E-state index in [0.717, 1.165) is 44.6 Å². The molecule has 1 heterocycles. The van der Waals surface area contributed by atoms with E-state index in [1.165, 1.54) is 16.8 Å². The molecule has 1 saturated heterocycles. The van der Waals surface area contributed by atoms with Crippen LogP contribution in [0.25, 0.3) is 0 Å². The lowest BCUT2D eigenvalue weighted by Gasteiger charge is -2.39. The smallest absolute Gasteiger partial charge is 0.317 e. The van der Waals surface area contributed by atoms with E-state index in [-0.39, 0.29) is 6.54 Å². The van der Waals surface area contributed by atoms with Gasteiger partial charge in [0.25, 0.3) is 0 Å². The van der Waals surface area contributed by atoms with Crippen molar-refractivity contribution < 1.29 is 14.6 Å². The molecule has 0 atom stereocenters. The molecule has 0 saturated carbocycles. The maximum atomic E-state index is 11.4. The molecular formula is C23H30N2O3. The number of carbonyl (C=O) groups is 1. The predicted molar refractivity (Wildman–Crippen MR) is 112 cm³/mol. The molecule has 0 aromatic heterocycles.